The summed E-state index contributed by atoms with van der Waals surface area (Å²) in [6.45, 7) is 0. The second kappa shape index (κ2) is 5.91. The number of aromatic nitrogens is 1. The summed E-state index contributed by atoms with van der Waals surface area (Å²) in [6.07, 6.45) is -1.49. The average Bonchev–Trinajstić information content (AvgIpc) is 3.05. The molecular weight excluding hydrogens is 386 g/mol. The number of hydrogen-bond donors (Lipinski definition) is 2. The first-order valence-electron chi connectivity index (χ1n) is 8.65. The molecule has 1 aromatic heterocycles. The quantitative estimate of drug-likeness (QED) is 0.270. The number of nitrogens with zero attached hydrogens (tertiary/aromatic N) is 1. The second-order valence-electron chi connectivity index (χ2n) is 6.83. The van der Waals surface area contributed by atoms with Crippen LogP contribution in [-0.2, 0) is 0 Å². The van der Waals surface area contributed by atoms with Crippen molar-refractivity contribution in [3.05, 3.63) is 77.4 Å². The van der Waals surface area contributed by atoms with Gasteiger partial charge in [0, 0.05) is 34.5 Å². The first-order chi connectivity index (χ1) is 13.8. The van der Waals surface area contributed by atoms with E-state index < -0.39 is 35.1 Å². The molecule has 4 aromatic rings. The van der Waals surface area contributed by atoms with Crippen LogP contribution in [0.2, 0.25) is 0 Å². The van der Waals surface area contributed by atoms with E-state index in [9.17, 15) is 17.6 Å². The van der Waals surface area contributed by atoms with Crippen molar-refractivity contribution in [2.75, 3.05) is 11.5 Å². The Morgan fingerprint density at radius 2 is 1.45 bits per heavy atom. The molecule has 5 rings (SSSR count). The van der Waals surface area contributed by atoms with Gasteiger partial charge in [0.1, 0.15) is 5.75 Å². The Bertz CT molecular complexity index is 1290. The maximum Gasteiger partial charge on any atom is 0.209 e. The minimum absolute atomic E-state index is 0.165. The number of halogens is 4. The summed E-state index contributed by atoms with van der Waals surface area (Å²) in [4.78, 5) is 0. The van der Waals surface area contributed by atoms with Gasteiger partial charge in [-0.2, -0.15) is 0 Å². The third-order valence-electron chi connectivity index (χ3n) is 5.01. The summed E-state index contributed by atoms with van der Waals surface area (Å²) in [5.41, 5.74) is 13.3. The lowest BCUT2D eigenvalue weighted by Gasteiger charge is -2.30. The van der Waals surface area contributed by atoms with Crippen LogP contribution in [-0.4, -0.2) is 4.57 Å². The van der Waals surface area contributed by atoms with Gasteiger partial charge < -0.3 is 20.8 Å². The van der Waals surface area contributed by atoms with Crippen molar-refractivity contribution in [2.24, 2.45) is 0 Å². The highest BCUT2D eigenvalue weighted by atomic mass is 19.2. The van der Waals surface area contributed by atoms with E-state index in [4.69, 9.17) is 16.2 Å². The molecule has 3 aromatic carbocycles. The van der Waals surface area contributed by atoms with Crippen molar-refractivity contribution < 1.29 is 22.3 Å². The van der Waals surface area contributed by atoms with Gasteiger partial charge in [-0.1, -0.05) is 0 Å². The second-order valence-corrected chi connectivity index (χ2v) is 6.83. The largest absolute Gasteiger partial charge is 0.465 e. The predicted octanol–water partition coefficient (Wildman–Crippen LogP) is 4.97. The molecule has 4 N–H and O–H groups in total. The van der Waals surface area contributed by atoms with Gasteiger partial charge >= 0.3 is 0 Å². The van der Waals surface area contributed by atoms with Crippen LogP contribution in [0, 0.1) is 23.3 Å². The minimum Gasteiger partial charge on any atom is -0.465 e. The topological polar surface area (TPSA) is 66.2 Å². The van der Waals surface area contributed by atoms with Gasteiger partial charge in [-0.25, -0.2) is 17.6 Å². The minimum atomic E-state index is -1.52. The molecule has 4 nitrogen and oxygen atoms in total. The van der Waals surface area contributed by atoms with Gasteiger partial charge in [-0.15, -0.1) is 0 Å². The number of ether oxygens (including phenoxy) is 1. The highest BCUT2D eigenvalue weighted by Crippen LogP contribution is 2.46. The Kier molecular flexibility index (Phi) is 3.55. The number of fused-ring (bicyclic) bond motifs is 5. The van der Waals surface area contributed by atoms with Crippen LogP contribution in [0.1, 0.15) is 11.8 Å². The maximum absolute atomic E-state index is 14.6. The standard InChI is InChI=1S/C21H13F4N3O/c22-13-8-14(23)20(25)18(19(13)24)21-28-15-4-2-10(26)5-9(15)6-16(28)12-3-1-11(27)7-17(12)29-21/h1-8,21H,26-27H2/t21-/m0/s1. The molecule has 1 aliphatic rings. The Labute approximate surface area is 161 Å². The van der Waals surface area contributed by atoms with Crippen LogP contribution in [0.4, 0.5) is 28.9 Å². The Morgan fingerprint density at radius 1 is 0.793 bits per heavy atom. The fraction of sp³-hybridized carbons (Fsp3) is 0.0476. The van der Waals surface area contributed by atoms with E-state index in [0.717, 1.165) is 0 Å². The zero-order chi connectivity index (χ0) is 20.4. The van der Waals surface area contributed by atoms with E-state index in [1.54, 1.807) is 36.4 Å². The third-order valence-corrected chi connectivity index (χ3v) is 5.01. The fourth-order valence-electron chi connectivity index (χ4n) is 3.73. The van der Waals surface area contributed by atoms with Crippen molar-refractivity contribution in [3.63, 3.8) is 0 Å². The molecular formula is C21H13F4N3O. The lowest BCUT2D eigenvalue weighted by molar-refractivity contribution is 0.161. The molecule has 2 heterocycles. The summed E-state index contributed by atoms with van der Waals surface area (Å²) < 4.78 is 64.4. The molecule has 146 valence electrons. The number of rotatable bonds is 1. The number of benzene rings is 3. The Balaban J connectivity index is 1.88. The number of nitrogen functional groups attached to an aromatic ring is 2. The highest BCUT2D eigenvalue weighted by molar-refractivity contribution is 5.91. The van der Waals surface area contributed by atoms with Crippen LogP contribution >= 0.6 is 0 Å². The van der Waals surface area contributed by atoms with Crippen LogP contribution < -0.4 is 16.2 Å². The Morgan fingerprint density at radius 3 is 2.17 bits per heavy atom. The SMILES string of the molecule is Nc1ccc2c(c1)O[C@@H](c1c(F)c(F)cc(F)c1F)n1c-2cc2cc(N)ccc21. The monoisotopic (exact) mass is 399 g/mol. The highest BCUT2D eigenvalue weighted by Gasteiger charge is 2.35. The first kappa shape index (κ1) is 17.4. The predicted molar refractivity (Wildman–Crippen MR) is 101 cm³/mol. The van der Waals surface area contributed by atoms with E-state index in [2.05, 4.69) is 0 Å². The van der Waals surface area contributed by atoms with Crippen molar-refractivity contribution in [1.29, 1.82) is 0 Å². The molecule has 1 atom stereocenters. The van der Waals surface area contributed by atoms with E-state index in [1.165, 1.54) is 10.6 Å². The zero-order valence-electron chi connectivity index (χ0n) is 14.7. The average molecular weight is 399 g/mol. The van der Waals surface area contributed by atoms with E-state index in [-0.39, 0.29) is 11.8 Å². The van der Waals surface area contributed by atoms with E-state index >= 15 is 0 Å². The molecule has 1 aliphatic heterocycles. The zero-order valence-corrected chi connectivity index (χ0v) is 14.7. The summed E-state index contributed by atoms with van der Waals surface area (Å²) >= 11 is 0. The van der Waals surface area contributed by atoms with Crippen LogP contribution in [0.25, 0.3) is 22.2 Å². The molecule has 0 fully saturated rings. The van der Waals surface area contributed by atoms with Crippen molar-refractivity contribution in [3.8, 4) is 17.0 Å². The van der Waals surface area contributed by atoms with Gasteiger partial charge in [0.15, 0.2) is 23.3 Å². The third kappa shape index (κ3) is 2.45. The van der Waals surface area contributed by atoms with Crippen molar-refractivity contribution in [2.45, 2.75) is 6.23 Å². The maximum atomic E-state index is 14.6. The van der Waals surface area contributed by atoms with Crippen LogP contribution in [0.3, 0.4) is 0 Å². The molecule has 29 heavy (non-hydrogen) atoms. The molecule has 0 radical (unpaired) electrons. The van der Waals surface area contributed by atoms with Crippen LogP contribution in [0.5, 0.6) is 5.75 Å². The van der Waals surface area contributed by atoms with Gasteiger partial charge in [0.2, 0.25) is 6.23 Å². The molecule has 8 heteroatoms. The lowest BCUT2D eigenvalue weighted by Crippen LogP contribution is -2.25. The molecule has 0 amide bonds. The van der Waals surface area contributed by atoms with Gasteiger partial charge in [0.25, 0.3) is 0 Å². The van der Waals surface area contributed by atoms with E-state index in [1.807, 2.05) is 0 Å². The summed E-state index contributed by atoms with van der Waals surface area (Å²) in [5, 5.41) is 0.677. The van der Waals surface area contributed by atoms with Gasteiger partial charge in [-0.05, 0) is 36.4 Å². The van der Waals surface area contributed by atoms with Gasteiger partial charge in [0.05, 0.1) is 16.8 Å². The number of nitrogens with two attached hydrogens (primary N) is 2. The molecule has 0 saturated heterocycles. The summed E-state index contributed by atoms with van der Waals surface area (Å²) in [6, 6.07) is 11.7. The normalized spacial score (nSPS) is 15.1. The van der Waals surface area contributed by atoms with Gasteiger partial charge in [-0.3, -0.25) is 0 Å². The molecule has 0 spiro atoms. The van der Waals surface area contributed by atoms with Crippen molar-refractivity contribution in [1.82, 2.24) is 4.57 Å². The van der Waals surface area contributed by atoms with E-state index in [0.29, 0.717) is 33.5 Å². The fourth-order valence-corrected chi connectivity index (χ4v) is 3.73. The molecule has 0 bridgehead atoms. The first-order valence-corrected chi connectivity index (χ1v) is 8.65. The molecule has 0 unspecified atom stereocenters. The lowest BCUT2D eigenvalue weighted by atomic mass is 10.1. The Hall–Kier alpha value is -3.68. The smallest absolute Gasteiger partial charge is 0.209 e. The number of anilines is 2. The molecule has 0 aliphatic carbocycles. The summed E-state index contributed by atoms with van der Waals surface area (Å²) in [7, 11) is 0. The van der Waals surface area contributed by atoms with Crippen molar-refractivity contribution >= 4 is 22.3 Å². The number of hydrogen-bond acceptors (Lipinski definition) is 3. The molecule has 0 saturated carbocycles. The van der Waals surface area contributed by atoms with Crippen LogP contribution in [0.15, 0.2) is 48.5 Å². The summed E-state index contributed by atoms with van der Waals surface area (Å²) in [5.74, 6) is -5.83.